The van der Waals surface area contributed by atoms with Crippen LogP contribution in [0.2, 0.25) is 13.1 Å². The number of para-hydroxylation sites is 1. The number of benzene rings is 2. The first-order valence-corrected chi connectivity index (χ1v) is 10.5. The normalized spacial score (nSPS) is 11.3. The average molecular weight is 387 g/mol. The number of fused-ring (bicyclic) bond motifs is 1. The molecule has 0 saturated heterocycles. The lowest BCUT2D eigenvalue weighted by Crippen LogP contribution is -2.24. The highest BCUT2D eigenvalue weighted by atomic mass is 16.5. The third kappa shape index (κ3) is 4.32. The molecular weight excluding hydrogens is 357 g/mol. The highest BCUT2D eigenvalue weighted by molar-refractivity contribution is 6.91. The van der Waals surface area contributed by atoms with Crippen molar-refractivity contribution >= 4 is 23.3 Å². The van der Waals surface area contributed by atoms with Crippen LogP contribution in [0.25, 0.3) is 22.0 Å². The van der Waals surface area contributed by atoms with Crippen molar-refractivity contribution in [2.45, 2.75) is 46.4 Å². The number of hydrogen-bond acceptors (Lipinski definition) is 2. The molecule has 0 bridgehead atoms. The predicted molar refractivity (Wildman–Crippen MR) is 124 cm³/mol. The van der Waals surface area contributed by atoms with E-state index in [0.717, 1.165) is 59.2 Å². The summed E-state index contributed by atoms with van der Waals surface area (Å²) in [7, 11) is 1.67. The molecule has 0 radical (unpaired) electrons. The number of allylic oxidation sites excluding steroid dienone is 2. The van der Waals surface area contributed by atoms with Gasteiger partial charge < -0.3 is 14.1 Å². The topological polar surface area (TPSA) is 31.2 Å². The molecule has 4 heteroatoms. The molecule has 2 aromatic carbocycles. The Morgan fingerprint density at radius 3 is 2.52 bits per heavy atom. The molecule has 0 saturated carbocycles. The number of aromatic nitrogens is 1. The second kappa shape index (κ2) is 9.64. The molecule has 150 valence electrons. The molecule has 3 rings (SSSR count). The summed E-state index contributed by atoms with van der Waals surface area (Å²) in [4.78, 5) is 13.5. The van der Waals surface area contributed by atoms with E-state index in [1.165, 1.54) is 0 Å². The number of nitrogens with zero attached hydrogens (tertiary/aromatic N) is 1. The Morgan fingerprint density at radius 1 is 1.14 bits per heavy atom. The first-order chi connectivity index (χ1) is 14.1. The van der Waals surface area contributed by atoms with Gasteiger partial charge in [0.05, 0.1) is 12.8 Å². The molecule has 0 aliphatic heterocycles. The third-order valence-corrected chi connectivity index (χ3v) is 5.63. The summed E-state index contributed by atoms with van der Waals surface area (Å²) < 4.78 is 7.57. The zero-order valence-electron chi connectivity index (χ0n) is 17.9. The fourth-order valence-corrected chi connectivity index (χ4v) is 3.79. The summed E-state index contributed by atoms with van der Waals surface area (Å²) in [6.45, 7) is 6.98. The van der Waals surface area contributed by atoms with Gasteiger partial charge in [0.1, 0.15) is 11.4 Å². The van der Waals surface area contributed by atoms with Gasteiger partial charge in [-0.2, -0.15) is 0 Å². The summed E-state index contributed by atoms with van der Waals surface area (Å²) in [5.74, 6) is 0.818. The monoisotopic (exact) mass is 387 g/mol. The van der Waals surface area contributed by atoms with Gasteiger partial charge in [-0.3, -0.25) is 0 Å². The molecule has 3 aromatic rings. The van der Waals surface area contributed by atoms with Gasteiger partial charge in [0.15, 0.2) is 0 Å². The maximum absolute atomic E-state index is 13.5. The molecule has 0 atom stereocenters. The van der Waals surface area contributed by atoms with Crippen molar-refractivity contribution in [3.8, 4) is 16.9 Å². The van der Waals surface area contributed by atoms with Crippen LogP contribution in [0, 0.1) is 0 Å². The Labute approximate surface area is 174 Å². The number of methoxy groups -OCH3 is 1. The van der Waals surface area contributed by atoms with Crippen molar-refractivity contribution in [1.29, 1.82) is 0 Å². The smallest absolute Gasteiger partial charge is 0.228 e. The van der Waals surface area contributed by atoms with Crippen LogP contribution in [-0.4, -0.2) is 24.1 Å². The SMILES string of the molecule is C/C=C\CCCn1c(C(=O)B(C)CC)c(-c2ccc(OC)cc2)c2ccccc21. The second-order valence-corrected chi connectivity index (χ2v) is 7.51. The molecule has 1 heterocycles. The van der Waals surface area contributed by atoms with Gasteiger partial charge in [-0.15, -0.1) is 0 Å². The van der Waals surface area contributed by atoms with Crippen LogP contribution in [0.3, 0.4) is 0 Å². The van der Waals surface area contributed by atoms with E-state index < -0.39 is 0 Å². The standard InChI is InChI=1S/C25H30BNO2/c1-5-7-8-11-18-27-22-13-10-9-12-21(22)23(24(27)25(28)26(3)6-2)19-14-16-20(29-4)17-15-19/h5,7,9-10,12-17H,6,8,11,18H2,1-4H3/b7-5-. The van der Waals surface area contributed by atoms with Crippen LogP contribution >= 0.6 is 0 Å². The molecule has 0 amide bonds. The zero-order chi connectivity index (χ0) is 20.8. The minimum absolute atomic E-state index is 0.00871. The lowest BCUT2D eigenvalue weighted by atomic mass is 9.46. The Kier molecular flexibility index (Phi) is 6.97. The lowest BCUT2D eigenvalue weighted by molar-refractivity contribution is 0.106. The molecule has 3 nitrogen and oxygen atoms in total. The minimum atomic E-state index is -0.00871. The van der Waals surface area contributed by atoms with Gasteiger partial charge >= 0.3 is 0 Å². The number of aryl methyl sites for hydroxylation is 1. The Balaban J connectivity index is 2.22. The third-order valence-electron chi connectivity index (χ3n) is 5.63. The van der Waals surface area contributed by atoms with E-state index in [1.54, 1.807) is 7.11 Å². The van der Waals surface area contributed by atoms with Crippen molar-refractivity contribution in [1.82, 2.24) is 4.57 Å². The minimum Gasteiger partial charge on any atom is -0.497 e. The Bertz CT molecular complexity index is 1000. The number of hydrogen-bond donors (Lipinski definition) is 0. The Hall–Kier alpha value is -2.75. The number of ether oxygens (including phenoxy) is 1. The van der Waals surface area contributed by atoms with E-state index in [2.05, 4.69) is 60.0 Å². The van der Waals surface area contributed by atoms with E-state index in [-0.39, 0.29) is 12.4 Å². The van der Waals surface area contributed by atoms with Crippen LogP contribution in [0.1, 0.15) is 37.2 Å². The molecule has 0 spiro atoms. The summed E-state index contributed by atoms with van der Waals surface area (Å²) in [6, 6.07) is 16.4. The summed E-state index contributed by atoms with van der Waals surface area (Å²) in [6.07, 6.45) is 7.12. The fourth-order valence-electron chi connectivity index (χ4n) is 3.79. The first-order valence-electron chi connectivity index (χ1n) is 10.5. The molecule has 1 aromatic heterocycles. The van der Waals surface area contributed by atoms with Crippen molar-refractivity contribution in [2.24, 2.45) is 0 Å². The quantitative estimate of drug-likeness (QED) is 0.237. The summed E-state index contributed by atoms with van der Waals surface area (Å²) >= 11 is 0. The summed E-state index contributed by atoms with van der Waals surface area (Å²) in [5.41, 5.74) is 4.29. The fraction of sp³-hybridized carbons (Fsp3) is 0.320. The van der Waals surface area contributed by atoms with Crippen LogP contribution < -0.4 is 4.74 Å². The largest absolute Gasteiger partial charge is 0.497 e. The van der Waals surface area contributed by atoms with Crippen LogP contribution in [0.15, 0.2) is 60.7 Å². The number of carbonyl (C=O) groups excluding carboxylic acids is 1. The number of unbranched alkanes of at least 4 members (excludes halogenated alkanes) is 1. The van der Waals surface area contributed by atoms with Crippen molar-refractivity contribution in [2.75, 3.05) is 7.11 Å². The van der Waals surface area contributed by atoms with Crippen LogP contribution in [0.5, 0.6) is 5.75 Å². The molecule has 29 heavy (non-hydrogen) atoms. The van der Waals surface area contributed by atoms with Gasteiger partial charge in [0.25, 0.3) is 0 Å². The molecular formula is C25H30BNO2. The average Bonchev–Trinajstić information content (AvgIpc) is 3.10. The highest BCUT2D eigenvalue weighted by Crippen LogP contribution is 2.37. The molecule has 0 fully saturated rings. The molecule has 0 N–H and O–H groups in total. The highest BCUT2D eigenvalue weighted by Gasteiger charge is 2.27. The van der Waals surface area contributed by atoms with E-state index in [1.807, 2.05) is 25.9 Å². The van der Waals surface area contributed by atoms with Crippen molar-refractivity contribution in [3.63, 3.8) is 0 Å². The van der Waals surface area contributed by atoms with Crippen LogP contribution in [0.4, 0.5) is 0 Å². The van der Waals surface area contributed by atoms with E-state index in [0.29, 0.717) is 0 Å². The van der Waals surface area contributed by atoms with Gasteiger partial charge in [0.2, 0.25) is 6.71 Å². The van der Waals surface area contributed by atoms with E-state index in [4.69, 9.17) is 4.74 Å². The van der Waals surface area contributed by atoms with Crippen LogP contribution in [-0.2, 0) is 6.54 Å². The molecule has 0 aliphatic carbocycles. The maximum Gasteiger partial charge on any atom is 0.228 e. The number of rotatable bonds is 9. The van der Waals surface area contributed by atoms with Gasteiger partial charge in [0, 0.05) is 23.0 Å². The first kappa shape index (κ1) is 21.0. The second-order valence-electron chi connectivity index (χ2n) is 7.51. The number of carbonyl (C=O) groups is 1. The van der Waals surface area contributed by atoms with Gasteiger partial charge in [-0.25, -0.2) is 0 Å². The summed E-state index contributed by atoms with van der Waals surface area (Å²) in [5, 5.41) is 1.13. The lowest BCUT2D eigenvalue weighted by Gasteiger charge is -2.14. The van der Waals surface area contributed by atoms with Gasteiger partial charge in [-0.05, 0) is 43.5 Å². The Morgan fingerprint density at radius 2 is 1.86 bits per heavy atom. The van der Waals surface area contributed by atoms with E-state index >= 15 is 0 Å². The van der Waals surface area contributed by atoms with Crippen molar-refractivity contribution in [3.05, 3.63) is 66.4 Å². The zero-order valence-corrected chi connectivity index (χ0v) is 17.9. The van der Waals surface area contributed by atoms with E-state index in [9.17, 15) is 4.79 Å². The molecule has 0 unspecified atom stereocenters. The predicted octanol–water partition coefficient (Wildman–Crippen LogP) is 6.54. The maximum atomic E-state index is 13.5. The van der Waals surface area contributed by atoms with Gasteiger partial charge in [-0.1, -0.05) is 62.6 Å². The molecule has 0 aliphatic rings. The van der Waals surface area contributed by atoms with Crippen molar-refractivity contribution < 1.29 is 9.53 Å².